The molecule has 0 aromatic heterocycles. The van der Waals surface area contributed by atoms with Crippen molar-refractivity contribution in [2.45, 2.75) is 0 Å². The fourth-order valence-electron chi connectivity index (χ4n) is 0. The Bertz CT molecular complexity index is 4.85. The van der Waals surface area contributed by atoms with E-state index in [-0.39, 0.29) is 73.5 Å². The van der Waals surface area contributed by atoms with Crippen LogP contribution in [0.4, 0.5) is 0 Å². The van der Waals surface area contributed by atoms with Crippen molar-refractivity contribution >= 4 is 40.5 Å². The van der Waals surface area contributed by atoms with Crippen molar-refractivity contribution < 1.29 is 33.0 Å². The van der Waals surface area contributed by atoms with Crippen molar-refractivity contribution in [1.29, 1.82) is 0 Å². The summed E-state index contributed by atoms with van der Waals surface area (Å²) in [5.74, 6) is 0. The largest absolute Gasteiger partial charge is 0.197 e. The van der Waals surface area contributed by atoms with Gasteiger partial charge in [-0.2, -0.15) is 40.5 Å². The number of rotatable bonds is 0. The van der Waals surface area contributed by atoms with Gasteiger partial charge in [-0.3, -0.25) is 0 Å². The SMILES string of the molecule is S.S.S.[Ni].[Ni]. The average Bonchev–Trinajstić information content (AvgIpc) is 0. The van der Waals surface area contributed by atoms with E-state index in [0.29, 0.717) is 0 Å². The van der Waals surface area contributed by atoms with Gasteiger partial charge in [0.15, 0.2) is 0 Å². The van der Waals surface area contributed by atoms with Gasteiger partial charge in [0.25, 0.3) is 0 Å². The van der Waals surface area contributed by atoms with E-state index < -0.39 is 0 Å². The van der Waals surface area contributed by atoms with E-state index in [2.05, 4.69) is 0 Å². The quantitative estimate of drug-likeness (QED) is 0.516. The fourth-order valence-corrected chi connectivity index (χ4v) is 0. The second kappa shape index (κ2) is 36.9. The molecule has 0 saturated heterocycles. The molecular weight excluding hydrogens is 214 g/mol. The summed E-state index contributed by atoms with van der Waals surface area (Å²) in [7, 11) is 0. The van der Waals surface area contributed by atoms with Crippen molar-refractivity contribution in [1.82, 2.24) is 0 Å². The molecule has 0 rings (SSSR count). The molecule has 0 saturated carbocycles. The van der Waals surface area contributed by atoms with E-state index in [1.807, 2.05) is 0 Å². The predicted octanol–water partition coefficient (Wildman–Crippen LogP) is 0.333. The fraction of sp³-hybridized carbons (Fsp3) is 0. The van der Waals surface area contributed by atoms with Crippen LogP contribution in [0.15, 0.2) is 0 Å². The third-order valence-electron chi connectivity index (χ3n) is 0. The molecule has 0 nitrogen and oxygen atoms in total. The Balaban J connectivity index is 0. The first-order valence-electron chi connectivity index (χ1n) is 0. The third-order valence-corrected chi connectivity index (χ3v) is 0. The molecular formula is H6Ni2S3. The summed E-state index contributed by atoms with van der Waals surface area (Å²) in [6.45, 7) is 0. The van der Waals surface area contributed by atoms with E-state index in [4.69, 9.17) is 0 Å². The molecule has 0 aliphatic carbocycles. The van der Waals surface area contributed by atoms with Crippen LogP contribution in [0.2, 0.25) is 0 Å². The monoisotopic (exact) mass is 218 g/mol. The van der Waals surface area contributed by atoms with E-state index in [0.717, 1.165) is 0 Å². The minimum Gasteiger partial charge on any atom is -0.197 e. The molecule has 0 amide bonds. The second-order valence-electron chi connectivity index (χ2n) is 0. The summed E-state index contributed by atoms with van der Waals surface area (Å²) in [4.78, 5) is 0. The first-order valence-corrected chi connectivity index (χ1v) is 0. The van der Waals surface area contributed by atoms with E-state index in [1.54, 1.807) is 0 Å². The van der Waals surface area contributed by atoms with Gasteiger partial charge < -0.3 is 0 Å². The van der Waals surface area contributed by atoms with Crippen molar-refractivity contribution in [3.05, 3.63) is 0 Å². The molecule has 0 aromatic carbocycles. The van der Waals surface area contributed by atoms with Gasteiger partial charge in [0, 0.05) is 33.0 Å². The maximum absolute atomic E-state index is 0. The zero-order chi connectivity index (χ0) is 0. The van der Waals surface area contributed by atoms with E-state index >= 15 is 0 Å². The summed E-state index contributed by atoms with van der Waals surface area (Å²) < 4.78 is 0. The first-order chi connectivity index (χ1) is 0. The van der Waals surface area contributed by atoms with Gasteiger partial charge in [-0.1, -0.05) is 0 Å². The summed E-state index contributed by atoms with van der Waals surface area (Å²) in [6.07, 6.45) is 0. The van der Waals surface area contributed by atoms with E-state index in [1.165, 1.54) is 0 Å². The Kier molecular flexibility index (Phi) is 456. The van der Waals surface area contributed by atoms with E-state index in [9.17, 15) is 0 Å². The Morgan fingerprint density at radius 1 is 0.400 bits per heavy atom. The smallest absolute Gasteiger partial charge is 0 e. The average molecular weight is 220 g/mol. The van der Waals surface area contributed by atoms with Gasteiger partial charge in [-0.05, 0) is 0 Å². The molecule has 0 aromatic rings. The van der Waals surface area contributed by atoms with Crippen LogP contribution in [0.25, 0.3) is 0 Å². The Morgan fingerprint density at radius 3 is 0.400 bits per heavy atom. The van der Waals surface area contributed by atoms with Crippen LogP contribution in [0, 0.1) is 0 Å². The Hall–Kier alpha value is 2.04. The molecule has 5 heteroatoms. The second-order valence-corrected chi connectivity index (χ2v) is 0. The van der Waals surface area contributed by atoms with Crippen molar-refractivity contribution in [2.75, 3.05) is 0 Å². The van der Waals surface area contributed by atoms with Crippen molar-refractivity contribution in [3.8, 4) is 0 Å². The molecule has 44 valence electrons. The van der Waals surface area contributed by atoms with Crippen LogP contribution < -0.4 is 0 Å². The minimum absolute atomic E-state index is 0. The van der Waals surface area contributed by atoms with Gasteiger partial charge >= 0.3 is 0 Å². The molecule has 0 heterocycles. The van der Waals surface area contributed by atoms with Gasteiger partial charge in [0.1, 0.15) is 0 Å². The molecule has 0 radical (unpaired) electrons. The van der Waals surface area contributed by atoms with Crippen molar-refractivity contribution in [3.63, 3.8) is 0 Å². The molecule has 0 unspecified atom stereocenters. The zero-order valence-corrected chi connectivity index (χ0v) is 7.11. The van der Waals surface area contributed by atoms with Crippen LogP contribution in [-0.4, -0.2) is 0 Å². The van der Waals surface area contributed by atoms with Crippen LogP contribution >= 0.6 is 40.5 Å². The Labute approximate surface area is 73.0 Å². The molecule has 0 bridgehead atoms. The number of hydrogen-bond acceptors (Lipinski definition) is 0. The molecule has 0 atom stereocenters. The van der Waals surface area contributed by atoms with Crippen LogP contribution in [-0.2, 0) is 33.0 Å². The normalized spacial score (nSPS) is 0. The van der Waals surface area contributed by atoms with Gasteiger partial charge in [-0.15, -0.1) is 0 Å². The summed E-state index contributed by atoms with van der Waals surface area (Å²) in [6, 6.07) is 0. The number of hydrogen-bond donors (Lipinski definition) is 0. The molecule has 5 heavy (non-hydrogen) atoms. The zero-order valence-electron chi connectivity index (χ0n) is 2.13. The standard InChI is InChI=1S/2Ni.3H2S/h;;3*1H2. The molecule has 0 aliphatic heterocycles. The van der Waals surface area contributed by atoms with Crippen LogP contribution in [0.3, 0.4) is 0 Å². The minimum atomic E-state index is 0. The van der Waals surface area contributed by atoms with Gasteiger partial charge in [0.2, 0.25) is 0 Å². The summed E-state index contributed by atoms with van der Waals surface area (Å²) in [5, 5.41) is 0. The molecule has 0 spiro atoms. The van der Waals surface area contributed by atoms with Crippen LogP contribution in [0.1, 0.15) is 0 Å². The topological polar surface area (TPSA) is 0 Å². The van der Waals surface area contributed by atoms with Crippen molar-refractivity contribution in [2.24, 2.45) is 0 Å². The summed E-state index contributed by atoms with van der Waals surface area (Å²) >= 11 is 0. The molecule has 0 fully saturated rings. The summed E-state index contributed by atoms with van der Waals surface area (Å²) in [5.41, 5.74) is 0. The maximum Gasteiger partial charge on any atom is 0 e. The maximum atomic E-state index is 0. The van der Waals surface area contributed by atoms with Gasteiger partial charge in [0.05, 0.1) is 0 Å². The first kappa shape index (κ1) is 61.8. The van der Waals surface area contributed by atoms with Gasteiger partial charge in [-0.25, -0.2) is 0 Å². The molecule has 0 aliphatic rings. The van der Waals surface area contributed by atoms with Crippen LogP contribution in [0.5, 0.6) is 0 Å². The Morgan fingerprint density at radius 2 is 0.400 bits per heavy atom. The third kappa shape index (κ3) is 23.7. The predicted molar refractivity (Wildman–Crippen MR) is 31.1 cm³/mol. The molecule has 0 N–H and O–H groups in total.